The van der Waals surface area contributed by atoms with Gasteiger partial charge in [-0.15, -0.1) is 0 Å². The van der Waals surface area contributed by atoms with Crippen LogP contribution in [0.3, 0.4) is 0 Å². The van der Waals surface area contributed by atoms with Gasteiger partial charge < -0.3 is 14.9 Å². The predicted octanol–water partition coefficient (Wildman–Crippen LogP) is 1.19. The van der Waals surface area contributed by atoms with Crippen molar-refractivity contribution in [3.63, 3.8) is 0 Å². The van der Waals surface area contributed by atoms with E-state index < -0.39 is 0 Å². The fourth-order valence-corrected chi connectivity index (χ4v) is 2.22. The van der Waals surface area contributed by atoms with E-state index in [-0.39, 0.29) is 18.0 Å². The second kappa shape index (κ2) is 5.07. The van der Waals surface area contributed by atoms with Crippen molar-refractivity contribution in [1.82, 2.24) is 15.5 Å². The Hall–Kier alpha value is -1.79. The number of halogens is 1. The fourth-order valence-electron chi connectivity index (χ4n) is 2.22. The molecule has 5 nitrogen and oxygen atoms in total. The Morgan fingerprint density at radius 1 is 1.47 bits per heavy atom. The summed E-state index contributed by atoms with van der Waals surface area (Å²) in [5.74, 6) is 0.716. The highest BCUT2D eigenvalue weighted by molar-refractivity contribution is 5.19. The Morgan fingerprint density at radius 2 is 2.37 bits per heavy atom. The number of aliphatic hydroxyl groups excluding tert-OH is 1. The van der Waals surface area contributed by atoms with Crippen LogP contribution in [0.2, 0.25) is 0 Å². The zero-order valence-corrected chi connectivity index (χ0v) is 10.2. The summed E-state index contributed by atoms with van der Waals surface area (Å²) in [7, 11) is 0. The molecule has 0 radical (unpaired) electrons. The summed E-state index contributed by atoms with van der Waals surface area (Å²) in [6, 6.07) is 6.23. The van der Waals surface area contributed by atoms with E-state index in [1.54, 1.807) is 6.07 Å². The highest BCUT2D eigenvalue weighted by atomic mass is 19.1. The number of hydrogen-bond acceptors (Lipinski definition) is 5. The number of aromatic nitrogens is 2. The summed E-state index contributed by atoms with van der Waals surface area (Å²) in [5, 5.41) is 16.4. The van der Waals surface area contributed by atoms with Gasteiger partial charge in [-0.25, -0.2) is 4.39 Å². The molecule has 0 spiro atoms. The van der Waals surface area contributed by atoms with Crippen LogP contribution in [0, 0.1) is 5.82 Å². The lowest BCUT2D eigenvalue weighted by Crippen LogP contribution is -2.15. The molecule has 0 bridgehead atoms. The lowest BCUT2D eigenvalue weighted by atomic mass is 10.1. The predicted molar refractivity (Wildman–Crippen MR) is 64.9 cm³/mol. The summed E-state index contributed by atoms with van der Waals surface area (Å²) < 4.78 is 18.2. The van der Waals surface area contributed by atoms with Gasteiger partial charge in [-0.3, -0.25) is 0 Å². The van der Waals surface area contributed by atoms with Crippen LogP contribution in [0.5, 0.6) is 0 Å². The highest BCUT2D eigenvalue weighted by Gasteiger charge is 2.28. The first-order chi connectivity index (χ1) is 9.20. The third-order valence-corrected chi connectivity index (χ3v) is 3.14. The Labute approximate surface area is 109 Å². The number of aliphatic hydroxyl groups is 1. The molecule has 1 saturated heterocycles. The van der Waals surface area contributed by atoms with E-state index in [0.29, 0.717) is 31.1 Å². The first kappa shape index (κ1) is 12.3. The van der Waals surface area contributed by atoms with Gasteiger partial charge in [0.25, 0.3) is 0 Å². The van der Waals surface area contributed by atoms with Gasteiger partial charge in [-0.05, 0) is 24.1 Å². The standard InChI is InChI=1S/C13H14FN3O2/c14-9-3-1-2-8(4-9)5-12-16-13(19-17-12)11-6-10(18)7-15-11/h1-4,10-11,15,18H,5-7H2/t10-,11-/m1/s1. The zero-order chi connectivity index (χ0) is 13.2. The largest absolute Gasteiger partial charge is 0.392 e. The SMILES string of the molecule is O[C@H]1CN[C@@H](c2nc(Cc3cccc(F)c3)no2)C1. The van der Waals surface area contributed by atoms with E-state index in [1.165, 1.54) is 12.1 Å². The number of rotatable bonds is 3. The lowest BCUT2D eigenvalue weighted by molar-refractivity contribution is 0.191. The third kappa shape index (κ3) is 2.80. The first-order valence-corrected chi connectivity index (χ1v) is 6.19. The van der Waals surface area contributed by atoms with Crippen molar-refractivity contribution in [3.05, 3.63) is 47.4 Å². The minimum Gasteiger partial charge on any atom is -0.392 e. The molecule has 2 heterocycles. The van der Waals surface area contributed by atoms with Crippen LogP contribution in [-0.4, -0.2) is 27.9 Å². The van der Waals surface area contributed by atoms with E-state index in [4.69, 9.17) is 4.52 Å². The van der Waals surface area contributed by atoms with Gasteiger partial charge >= 0.3 is 0 Å². The van der Waals surface area contributed by atoms with Gasteiger partial charge in [-0.2, -0.15) is 4.98 Å². The van der Waals surface area contributed by atoms with Crippen molar-refractivity contribution < 1.29 is 14.0 Å². The van der Waals surface area contributed by atoms with Crippen molar-refractivity contribution in [3.8, 4) is 0 Å². The molecule has 6 heteroatoms. The molecule has 2 aromatic rings. The number of nitrogens with zero attached hydrogens (tertiary/aromatic N) is 2. The van der Waals surface area contributed by atoms with Crippen molar-refractivity contribution in [1.29, 1.82) is 0 Å². The monoisotopic (exact) mass is 263 g/mol. The summed E-state index contributed by atoms with van der Waals surface area (Å²) in [6.45, 7) is 0.534. The van der Waals surface area contributed by atoms with E-state index >= 15 is 0 Å². The van der Waals surface area contributed by atoms with Crippen molar-refractivity contribution in [2.75, 3.05) is 6.54 Å². The van der Waals surface area contributed by atoms with Crippen molar-refractivity contribution >= 4 is 0 Å². The highest BCUT2D eigenvalue weighted by Crippen LogP contribution is 2.22. The minimum absolute atomic E-state index is 0.0937. The normalized spacial score (nSPS) is 22.8. The lowest BCUT2D eigenvalue weighted by Gasteiger charge is -2.01. The maximum atomic E-state index is 13.1. The van der Waals surface area contributed by atoms with Gasteiger partial charge in [-0.1, -0.05) is 17.3 Å². The van der Waals surface area contributed by atoms with Gasteiger partial charge in [0.15, 0.2) is 5.82 Å². The third-order valence-electron chi connectivity index (χ3n) is 3.14. The van der Waals surface area contributed by atoms with E-state index in [2.05, 4.69) is 15.5 Å². The Kier molecular flexibility index (Phi) is 3.27. The maximum Gasteiger partial charge on any atom is 0.243 e. The number of hydrogen-bond donors (Lipinski definition) is 2. The molecule has 0 amide bonds. The Balaban J connectivity index is 1.71. The van der Waals surface area contributed by atoms with Crippen molar-refractivity contribution in [2.24, 2.45) is 0 Å². The second-order valence-corrected chi connectivity index (χ2v) is 4.71. The molecule has 19 heavy (non-hydrogen) atoms. The van der Waals surface area contributed by atoms with Crippen LogP contribution in [0.25, 0.3) is 0 Å². The van der Waals surface area contributed by atoms with Crippen LogP contribution >= 0.6 is 0 Å². The van der Waals surface area contributed by atoms with Crippen molar-refractivity contribution in [2.45, 2.75) is 25.0 Å². The molecule has 0 saturated carbocycles. The topological polar surface area (TPSA) is 71.2 Å². The molecule has 100 valence electrons. The van der Waals surface area contributed by atoms with Gasteiger partial charge in [0.2, 0.25) is 5.89 Å². The fraction of sp³-hybridized carbons (Fsp3) is 0.385. The molecule has 1 aliphatic rings. The molecular weight excluding hydrogens is 249 g/mol. The summed E-state index contributed by atoms with van der Waals surface area (Å²) >= 11 is 0. The maximum absolute atomic E-state index is 13.1. The van der Waals surface area contributed by atoms with Crippen LogP contribution in [-0.2, 0) is 6.42 Å². The van der Waals surface area contributed by atoms with Gasteiger partial charge in [0.1, 0.15) is 5.82 Å². The minimum atomic E-state index is -0.372. The average molecular weight is 263 g/mol. The van der Waals surface area contributed by atoms with Crippen LogP contribution in [0.4, 0.5) is 4.39 Å². The Morgan fingerprint density at radius 3 is 3.11 bits per heavy atom. The molecule has 2 N–H and O–H groups in total. The number of benzene rings is 1. The second-order valence-electron chi connectivity index (χ2n) is 4.71. The summed E-state index contributed by atoms with van der Waals surface area (Å²) in [6.07, 6.45) is 0.626. The van der Waals surface area contributed by atoms with Gasteiger partial charge in [0.05, 0.1) is 12.1 Å². The molecule has 1 aliphatic heterocycles. The van der Waals surface area contributed by atoms with E-state index in [0.717, 1.165) is 5.56 Å². The molecule has 0 unspecified atom stereocenters. The Bertz CT molecular complexity index is 573. The molecule has 1 aromatic heterocycles. The van der Waals surface area contributed by atoms with E-state index in [1.807, 2.05) is 6.07 Å². The molecular formula is C13H14FN3O2. The molecule has 1 fully saturated rings. The molecule has 0 aliphatic carbocycles. The number of β-amino-alcohol motifs (C(OH)–C–C–N with tert-alkyl or cyclic N) is 1. The number of nitrogens with one attached hydrogen (secondary N) is 1. The molecule has 2 atom stereocenters. The van der Waals surface area contributed by atoms with E-state index in [9.17, 15) is 9.50 Å². The van der Waals surface area contributed by atoms with Crippen LogP contribution in [0.15, 0.2) is 28.8 Å². The van der Waals surface area contributed by atoms with Crippen LogP contribution in [0.1, 0.15) is 29.7 Å². The molecule has 3 rings (SSSR count). The zero-order valence-electron chi connectivity index (χ0n) is 10.2. The average Bonchev–Trinajstić information content (AvgIpc) is 2.98. The van der Waals surface area contributed by atoms with Gasteiger partial charge in [0, 0.05) is 13.0 Å². The van der Waals surface area contributed by atoms with Crippen LogP contribution < -0.4 is 5.32 Å². The first-order valence-electron chi connectivity index (χ1n) is 6.19. The quantitative estimate of drug-likeness (QED) is 0.870. The summed E-state index contributed by atoms with van der Waals surface area (Å²) in [4.78, 5) is 4.28. The smallest absolute Gasteiger partial charge is 0.243 e. The summed E-state index contributed by atoms with van der Waals surface area (Å²) in [5.41, 5.74) is 0.798. The molecule has 1 aromatic carbocycles.